The second-order valence-corrected chi connectivity index (χ2v) is 15.4. The van der Waals surface area contributed by atoms with E-state index in [-0.39, 0.29) is 15.9 Å². The van der Waals surface area contributed by atoms with Gasteiger partial charge in [0.15, 0.2) is 0 Å². The molecule has 2 N–H and O–H groups in total. The Hall–Kier alpha value is -1.02. The number of unbranched alkanes of at least 4 members (excludes halogenated alkanes) is 1. The monoisotopic (exact) mass is 519 g/mol. The number of alkyl halides is 1. The van der Waals surface area contributed by atoms with Crippen LogP contribution < -0.4 is 10.4 Å². The fourth-order valence-corrected chi connectivity index (χ4v) is 10.2. The van der Waals surface area contributed by atoms with E-state index >= 15 is 0 Å². The van der Waals surface area contributed by atoms with E-state index < -0.39 is 20.5 Å². The smallest absolute Gasteiger partial charge is 0.261 e. The lowest BCUT2D eigenvalue weighted by Gasteiger charge is -2.48. The minimum absolute atomic E-state index is 0.125. The number of piperidine rings is 1. The highest BCUT2D eigenvalue weighted by Gasteiger charge is 2.51. The molecule has 3 rings (SSSR count). The van der Waals surface area contributed by atoms with Crippen LogP contribution in [0.5, 0.6) is 0 Å². The zero-order valence-electron chi connectivity index (χ0n) is 19.7. The SMILES string of the molecule is CCCCN1C[C@H](Br)[C@@H](O)[C@H](O)C1CO[Si](c1ccccc1)(c1ccccc1)C(C)(C)C. The molecule has 0 bridgehead atoms. The van der Waals surface area contributed by atoms with Gasteiger partial charge in [0.1, 0.15) is 0 Å². The van der Waals surface area contributed by atoms with Gasteiger partial charge in [0.05, 0.1) is 29.7 Å². The van der Waals surface area contributed by atoms with Gasteiger partial charge in [-0.2, -0.15) is 0 Å². The first-order valence-electron chi connectivity index (χ1n) is 11.7. The molecule has 1 fully saturated rings. The van der Waals surface area contributed by atoms with E-state index in [1.807, 2.05) is 12.1 Å². The third-order valence-electron chi connectivity index (χ3n) is 6.68. The molecule has 0 amide bonds. The van der Waals surface area contributed by atoms with Gasteiger partial charge in [0, 0.05) is 6.54 Å². The molecule has 0 aromatic heterocycles. The average molecular weight is 521 g/mol. The molecule has 0 radical (unpaired) electrons. The van der Waals surface area contributed by atoms with Crippen molar-refractivity contribution >= 4 is 34.6 Å². The summed E-state index contributed by atoms with van der Waals surface area (Å²) >= 11 is 3.57. The second kappa shape index (κ2) is 10.9. The van der Waals surface area contributed by atoms with Gasteiger partial charge in [0.2, 0.25) is 0 Å². The van der Waals surface area contributed by atoms with Gasteiger partial charge in [-0.05, 0) is 28.4 Å². The lowest BCUT2D eigenvalue weighted by atomic mass is 9.96. The van der Waals surface area contributed by atoms with Crippen molar-refractivity contribution in [3.8, 4) is 0 Å². The van der Waals surface area contributed by atoms with Gasteiger partial charge < -0.3 is 14.6 Å². The van der Waals surface area contributed by atoms with Gasteiger partial charge in [0.25, 0.3) is 8.32 Å². The van der Waals surface area contributed by atoms with Crippen LogP contribution in [0.4, 0.5) is 0 Å². The number of nitrogens with zero attached hydrogens (tertiary/aromatic N) is 1. The zero-order valence-corrected chi connectivity index (χ0v) is 22.3. The largest absolute Gasteiger partial charge is 0.406 e. The molecule has 6 heteroatoms. The molecule has 1 heterocycles. The fourth-order valence-electron chi connectivity index (χ4n) is 4.92. The van der Waals surface area contributed by atoms with Crippen LogP contribution in [0.2, 0.25) is 5.04 Å². The summed E-state index contributed by atoms with van der Waals surface area (Å²) in [6, 6.07) is 20.9. The van der Waals surface area contributed by atoms with E-state index in [1.165, 1.54) is 10.4 Å². The zero-order chi connectivity index (χ0) is 23.4. The number of hydrogen-bond acceptors (Lipinski definition) is 4. The lowest BCUT2D eigenvalue weighted by Crippen LogP contribution is -2.69. The summed E-state index contributed by atoms with van der Waals surface area (Å²) in [5, 5.41) is 24.0. The highest BCUT2D eigenvalue weighted by atomic mass is 79.9. The van der Waals surface area contributed by atoms with Gasteiger partial charge in [-0.25, -0.2) is 0 Å². The number of rotatable bonds is 8. The maximum absolute atomic E-state index is 11.0. The van der Waals surface area contributed by atoms with Crippen molar-refractivity contribution in [3.05, 3.63) is 60.7 Å². The Morgan fingerprint density at radius 1 is 0.969 bits per heavy atom. The quantitative estimate of drug-likeness (QED) is 0.413. The molecule has 0 aliphatic carbocycles. The molecule has 2 aromatic carbocycles. The van der Waals surface area contributed by atoms with Crippen molar-refractivity contribution in [1.29, 1.82) is 0 Å². The van der Waals surface area contributed by atoms with Crippen molar-refractivity contribution in [2.45, 2.75) is 68.7 Å². The topological polar surface area (TPSA) is 52.9 Å². The van der Waals surface area contributed by atoms with Crippen LogP contribution in [-0.2, 0) is 4.43 Å². The molecule has 0 spiro atoms. The van der Waals surface area contributed by atoms with Crippen LogP contribution in [0.15, 0.2) is 60.7 Å². The summed E-state index contributed by atoms with van der Waals surface area (Å²) in [5.41, 5.74) is 0. The van der Waals surface area contributed by atoms with E-state index in [4.69, 9.17) is 4.43 Å². The highest BCUT2D eigenvalue weighted by Crippen LogP contribution is 2.37. The minimum atomic E-state index is -2.69. The van der Waals surface area contributed by atoms with Crippen molar-refractivity contribution in [3.63, 3.8) is 0 Å². The molecule has 0 saturated carbocycles. The molecule has 4 nitrogen and oxygen atoms in total. The maximum atomic E-state index is 11.0. The molecule has 1 unspecified atom stereocenters. The van der Waals surface area contributed by atoms with E-state index in [1.54, 1.807) is 0 Å². The third kappa shape index (κ3) is 5.21. The van der Waals surface area contributed by atoms with Gasteiger partial charge in [-0.1, -0.05) is 111 Å². The van der Waals surface area contributed by atoms with Crippen LogP contribution in [0.25, 0.3) is 0 Å². The summed E-state index contributed by atoms with van der Waals surface area (Å²) in [6.07, 6.45) is 0.478. The molecule has 2 aromatic rings. The number of hydrogen-bond donors (Lipinski definition) is 2. The molecule has 1 aliphatic rings. The molecule has 176 valence electrons. The Morgan fingerprint density at radius 3 is 1.97 bits per heavy atom. The van der Waals surface area contributed by atoms with E-state index in [0.717, 1.165) is 19.4 Å². The Morgan fingerprint density at radius 2 is 1.50 bits per heavy atom. The third-order valence-corrected chi connectivity index (χ3v) is 12.5. The first-order chi connectivity index (χ1) is 15.2. The first-order valence-corrected chi connectivity index (χ1v) is 14.5. The van der Waals surface area contributed by atoms with Crippen LogP contribution in [0.3, 0.4) is 0 Å². The molecule has 1 saturated heterocycles. The molecular formula is C26H38BrNO3Si. The first kappa shape index (κ1) is 25.6. The Bertz CT molecular complexity index is 790. The van der Waals surface area contributed by atoms with Gasteiger partial charge in [-0.15, -0.1) is 0 Å². The van der Waals surface area contributed by atoms with Crippen LogP contribution in [0, 0.1) is 0 Å². The Labute approximate surface area is 202 Å². The molecular weight excluding hydrogens is 482 g/mol. The summed E-state index contributed by atoms with van der Waals surface area (Å²) in [4.78, 5) is 2.15. The van der Waals surface area contributed by atoms with Gasteiger partial charge in [-0.3, -0.25) is 4.90 Å². The van der Waals surface area contributed by atoms with Crippen molar-refractivity contribution in [2.75, 3.05) is 19.7 Å². The second-order valence-electron chi connectivity index (χ2n) is 9.89. The Balaban J connectivity index is 2.01. The standard InChI is InChI=1S/C26H38BrNO3Si/c1-5-6-17-28-18-22(27)24(29)25(30)23(28)19-31-32(26(2,3)4,20-13-9-7-10-14-20)21-15-11-8-12-16-21/h7-16,22-25,29-30H,5-6,17-19H2,1-4H3/t22-,23?,24+,25+/m0/s1. The number of aliphatic hydroxyl groups excluding tert-OH is 2. The fraction of sp³-hybridized carbons (Fsp3) is 0.538. The van der Waals surface area contributed by atoms with Crippen molar-refractivity contribution < 1.29 is 14.6 Å². The van der Waals surface area contributed by atoms with Crippen molar-refractivity contribution in [1.82, 2.24) is 4.90 Å². The summed E-state index contributed by atoms with van der Waals surface area (Å²) in [7, 11) is -2.69. The molecule has 4 atom stereocenters. The lowest BCUT2D eigenvalue weighted by molar-refractivity contribution is -0.0829. The van der Waals surface area contributed by atoms with Gasteiger partial charge >= 0.3 is 0 Å². The Kier molecular flexibility index (Phi) is 8.75. The van der Waals surface area contributed by atoms with Crippen molar-refractivity contribution in [2.24, 2.45) is 0 Å². The minimum Gasteiger partial charge on any atom is -0.406 e. The molecule has 1 aliphatic heterocycles. The predicted octanol–water partition coefficient (Wildman–Crippen LogP) is 3.53. The van der Waals surface area contributed by atoms with E-state index in [0.29, 0.717) is 13.2 Å². The summed E-state index contributed by atoms with van der Waals surface area (Å²) in [5.74, 6) is 0. The summed E-state index contributed by atoms with van der Waals surface area (Å²) < 4.78 is 7.08. The summed E-state index contributed by atoms with van der Waals surface area (Å²) in [6.45, 7) is 10.9. The number of benzene rings is 2. The highest BCUT2D eigenvalue weighted by molar-refractivity contribution is 9.09. The molecule has 32 heavy (non-hydrogen) atoms. The predicted molar refractivity (Wildman–Crippen MR) is 139 cm³/mol. The van der Waals surface area contributed by atoms with E-state index in [2.05, 4.69) is 97.1 Å². The van der Waals surface area contributed by atoms with Crippen LogP contribution in [-0.4, -0.2) is 66.2 Å². The average Bonchev–Trinajstić information content (AvgIpc) is 2.78. The number of aliphatic hydroxyl groups is 2. The van der Waals surface area contributed by atoms with Crippen LogP contribution in [0.1, 0.15) is 40.5 Å². The van der Waals surface area contributed by atoms with E-state index in [9.17, 15) is 10.2 Å². The van der Waals surface area contributed by atoms with Crippen LogP contribution >= 0.6 is 15.9 Å². The maximum Gasteiger partial charge on any atom is 0.261 e. The number of halogens is 1. The number of likely N-dealkylation sites (tertiary alicyclic amines) is 1. The normalized spacial score (nSPS) is 25.1.